The Kier molecular flexibility index (Phi) is 6.24. The van der Waals surface area contributed by atoms with Crippen LogP contribution in [0.15, 0.2) is 47.4 Å². The summed E-state index contributed by atoms with van der Waals surface area (Å²) < 4.78 is 33.8. The van der Waals surface area contributed by atoms with Crippen LogP contribution in [0.5, 0.6) is 0 Å². The number of nitrogens with one attached hydrogen (secondary N) is 1. The summed E-state index contributed by atoms with van der Waals surface area (Å²) in [5, 5.41) is 0. The molecule has 1 aliphatic heterocycles. The van der Waals surface area contributed by atoms with Gasteiger partial charge in [-0.15, -0.1) is 0 Å². The normalized spacial score (nSPS) is 15.0. The molecule has 1 aliphatic rings. The van der Waals surface area contributed by atoms with Gasteiger partial charge in [-0.25, -0.2) is 13.2 Å². The molecule has 0 amide bonds. The number of hydrogen-bond donors (Lipinski definition) is 1. The van der Waals surface area contributed by atoms with Gasteiger partial charge >= 0.3 is 5.97 Å². The SMILES string of the molecule is COC(=O)c1ccc(N2CCCCCC2)c(S(=O)(=O)Nc2ccc(C)cc2)c1. The smallest absolute Gasteiger partial charge is 0.337 e. The summed E-state index contributed by atoms with van der Waals surface area (Å²) in [6.45, 7) is 3.53. The van der Waals surface area contributed by atoms with Crippen molar-refractivity contribution in [3.8, 4) is 0 Å². The quantitative estimate of drug-likeness (QED) is 0.766. The van der Waals surface area contributed by atoms with E-state index >= 15 is 0 Å². The molecule has 0 saturated carbocycles. The lowest BCUT2D eigenvalue weighted by Crippen LogP contribution is -2.27. The van der Waals surface area contributed by atoms with Gasteiger partial charge in [-0.3, -0.25) is 4.72 Å². The molecule has 0 aliphatic carbocycles. The maximum atomic E-state index is 13.2. The molecule has 0 radical (unpaired) electrons. The molecule has 0 unspecified atom stereocenters. The molecule has 0 bridgehead atoms. The van der Waals surface area contributed by atoms with E-state index in [0.717, 1.165) is 44.3 Å². The lowest BCUT2D eigenvalue weighted by atomic mass is 10.2. The van der Waals surface area contributed by atoms with Crippen molar-refractivity contribution in [3.63, 3.8) is 0 Å². The van der Waals surface area contributed by atoms with Crippen LogP contribution in [-0.4, -0.2) is 34.6 Å². The molecule has 7 heteroatoms. The fraction of sp³-hybridized carbons (Fsp3) is 0.381. The fourth-order valence-electron chi connectivity index (χ4n) is 3.38. The lowest BCUT2D eigenvalue weighted by molar-refractivity contribution is 0.0600. The maximum Gasteiger partial charge on any atom is 0.337 e. The van der Waals surface area contributed by atoms with Crippen molar-refractivity contribution in [2.75, 3.05) is 29.8 Å². The van der Waals surface area contributed by atoms with Crippen LogP contribution in [0.2, 0.25) is 0 Å². The van der Waals surface area contributed by atoms with Gasteiger partial charge in [0.1, 0.15) is 4.90 Å². The number of hydrogen-bond acceptors (Lipinski definition) is 5. The van der Waals surface area contributed by atoms with Crippen molar-refractivity contribution >= 4 is 27.4 Å². The molecule has 0 atom stereocenters. The van der Waals surface area contributed by atoms with E-state index in [-0.39, 0.29) is 10.5 Å². The highest BCUT2D eigenvalue weighted by Crippen LogP contribution is 2.30. The van der Waals surface area contributed by atoms with Gasteiger partial charge in [0.15, 0.2) is 0 Å². The van der Waals surface area contributed by atoms with Gasteiger partial charge in [-0.05, 0) is 50.1 Å². The first-order valence-electron chi connectivity index (χ1n) is 9.47. The van der Waals surface area contributed by atoms with Crippen LogP contribution in [0.4, 0.5) is 11.4 Å². The van der Waals surface area contributed by atoms with Crippen LogP contribution in [0, 0.1) is 6.92 Å². The fourth-order valence-corrected chi connectivity index (χ4v) is 4.69. The van der Waals surface area contributed by atoms with Crippen molar-refractivity contribution < 1.29 is 17.9 Å². The topological polar surface area (TPSA) is 75.7 Å². The predicted molar refractivity (Wildman–Crippen MR) is 110 cm³/mol. The van der Waals surface area contributed by atoms with Crippen LogP contribution in [0.1, 0.15) is 41.6 Å². The van der Waals surface area contributed by atoms with Crippen molar-refractivity contribution in [2.45, 2.75) is 37.5 Å². The Morgan fingerprint density at radius 1 is 1.00 bits per heavy atom. The number of nitrogens with zero attached hydrogens (tertiary/aromatic N) is 1. The molecule has 0 spiro atoms. The Hall–Kier alpha value is -2.54. The zero-order valence-electron chi connectivity index (χ0n) is 16.3. The number of ether oxygens (including phenoxy) is 1. The van der Waals surface area contributed by atoms with E-state index in [0.29, 0.717) is 11.4 Å². The number of carbonyl (C=O) groups is 1. The van der Waals surface area contributed by atoms with Crippen molar-refractivity contribution in [1.29, 1.82) is 0 Å². The van der Waals surface area contributed by atoms with E-state index in [1.54, 1.807) is 24.3 Å². The molecule has 150 valence electrons. The maximum absolute atomic E-state index is 13.2. The number of aryl methyl sites for hydroxylation is 1. The van der Waals surface area contributed by atoms with E-state index in [1.165, 1.54) is 13.2 Å². The Morgan fingerprint density at radius 3 is 2.25 bits per heavy atom. The summed E-state index contributed by atoms with van der Waals surface area (Å²) in [6.07, 6.45) is 4.31. The van der Waals surface area contributed by atoms with Crippen molar-refractivity contribution in [3.05, 3.63) is 53.6 Å². The second-order valence-corrected chi connectivity index (χ2v) is 8.70. The number of carbonyl (C=O) groups excluding carboxylic acids is 1. The molecule has 2 aromatic rings. The van der Waals surface area contributed by atoms with Crippen LogP contribution in [-0.2, 0) is 14.8 Å². The zero-order valence-corrected chi connectivity index (χ0v) is 17.1. The van der Waals surface area contributed by atoms with Gasteiger partial charge in [0.2, 0.25) is 0 Å². The van der Waals surface area contributed by atoms with Crippen LogP contribution >= 0.6 is 0 Å². The van der Waals surface area contributed by atoms with Crippen LogP contribution in [0.25, 0.3) is 0 Å². The van der Waals surface area contributed by atoms with Gasteiger partial charge in [0.25, 0.3) is 10.0 Å². The van der Waals surface area contributed by atoms with E-state index in [2.05, 4.69) is 9.62 Å². The van der Waals surface area contributed by atoms with Gasteiger partial charge in [0.05, 0.1) is 18.4 Å². The lowest BCUT2D eigenvalue weighted by Gasteiger charge is -2.25. The number of methoxy groups -OCH3 is 1. The van der Waals surface area contributed by atoms with E-state index < -0.39 is 16.0 Å². The minimum atomic E-state index is -3.88. The first kappa shape index (κ1) is 20.2. The Labute approximate surface area is 166 Å². The van der Waals surface area contributed by atoms with Gasteiger partial charge in [0, 0.05) is 18.8 Å². The largest absolute Gasteiger partial charge is 0.465 e. The van der Waals surface area contributed by atoms with Crippen molar-refractivity contribution in [2.24, 2.45) is 0 Å². The third-order valence-corrected chi connectivity index (χ3v) is 6.33. The van der Waals surface area contributed by atoms with E-state index in [1.807, 2.05) is 19.1 Å². The predicted octanol–water partition coefficient (Wildman–Crippen LogP) is 3.96. The Balaban J connectivity index is 2.03. The molecule has 3 rings (SSSR count). The summed E-state index contributed by atoms with van der Waals surface area (Å²) in [5.41, 5.74) is 2.36. The third kappa shape index (κ3) is 4.65. The number of esters is 1. The number of rotatable bonds is 5. The summed E-state index contributed by atoms with van der Waals surface area (Å²) in [7, 11) is -2.60. The highest BCUT2D eigenvalue weighted by Gasteiger charge is 2.25. The Bertz CT molecular complexity index is 931. The summed E-state index contributed by atoms with van der Waals surface area (Å²) in [6, 6.07) is 11.9. The number of benzene rings is 2. The standard InChI is InChI=1S/C21H26N2O4S/c1-16-7-10-18(11-8-16)22-28(25,26)20-15-17(21(24)27-2)9-12-19(20)23-13-5-3-4-6-14-23/h7-12,15,22H,3-6,13-14H2,1-2H3. The van der Waals surface area contributed by atoms with Gasteiger partial charge in [-0.1, -0.05) is 30.5 Å². The number of sulfonamides is 1. The molecule has 2 aromatic carbocycles. The summed E-state index contributed by atoms with van der Waals surface area (Å²) in [5.74, 6) is -0.561. The summed E-state index contributed by atoms with van der Waals surface area (Å²) in [4.78, 5) is 14.2. The first-order chi connectivity index (χ1) is 13.4. The summed E-state index contributed by atoms with van der Waals surface area (Å²) >= 11 is 0. The molecule has 1 saturated heterocycles. The monoisotopic (exact) mass is 402 g/mol. The third-order valence-electron chi connectivity index (χ3n) is 4.92. The minimum absolute atomic E-state index is 0.0953. The highest BCUT2D eigenvalue weighted by atomic mass is 32.2. The molecule has 1 fully saturated rings. The average molecular weight is 403 g/mol. The number of anilines is 2. The molecule has 0 aromatic heterocycles. The minimum Gasteiger partial charge on any atom is -0.465 e. The van der Waals surface area contributed by atoms with E-state index in [9.17, 15) is 13.2 Å². The van der Waals surface area contributed by atoms with Crippen molar-refractivity contribution in [1.82, 2.24) is 0 Å². The zero-order chi connectivity index (χ0) is 20.1. The van der Waals surface area contributed by atoms with E-state index in [4.69, 9.17) is 4.74 Å². The Morgan fingerprint density at radius 2 is 1.64 bits per heavy atom. The average Bonchev–Trinajstić information content (AvgIpc) is 2.98. The molecule has 6 nitrogen and oxygen atoms in total. The second kappa shape index (κ2) is 8.65. The first-order valence-corrected chi connectivity index (χ1v) is 11.0. The highest BCUT2D eigenvalue weighted by molar-refractivity contribution is 7.92. The molecular weight excluding hydrogens is 376 g/mol. The van der Waals surface area contributed by atoms with Gasteiger partial charge < -0.3 is 9.64 Å². The molecule has 1 heterocycles. The molecule has 1 N–H and O–H groups in total. The van der Waals surface area contributed by atoms with Gasteiger partial charge in [-0.2, -0.15) is 0 Å². The van der Waals surface area contributed by atoms with Crippen LogP contribution in [0.3, 0.4) is 0 Å². The van der Waals surface area contributed by atoms with Crippen LogP contribution < -0.4 is 9.62 Å². The second-order valence-electron chi connectivity index (χ2n) is 7.05. The molecular formula is C21H26N2O4S. The molecule has 28 heavy (non-hydrogen) atoms.